The van der Waals surface area contributed by atoms with Gasteiger partial charge >= 0.3 is 0 Å². The summed E-state index contributed by atoms with van der Waals surface area (Å²) in [5.74, 6) is -5.69. The Hall–Kier alpha value is 0.500. The Bertz CT molecular complexity index is 234. The van der Waals surface area contributed by atoms with Crippen LogP contribution in [-0.2, 0) is 9.47 Å². The van der Waals surface area contributed by atoms with Gasteiger partial charge in [0, 0.05) is 17.1 Å². The van der Waals surface area contributed by atoms with Crippen molar-refractivity contribution in [3.05, 3.63) is 0 Å². The Balaban J connectivity index is 4.36. The van der Waals surface area contributed by atoms with Gasteiger partial charge in [-0.3, -0.25) is 0 Å². The zero-order valence-electron chi connectivity index (χ0n) is 12.3. The molecule has 0 aromatic heterocycles. The first-order valence-corrected chi connectivity index (χ1v) is 2.62. The molecule has 0 radical (unpaired) electrons. The molecule has 0 aromatic rings. The normalized spacial score (nSPS) is 29.6. The quantitative estimate of drug-likeness (QED) is 0.456. The van der Waals surface area contributed by atoms with Crippen LogP contribution in [0.2, 0.25) is 0 Å². The van der Waals surface area contributed by atoms with E-state index in [-0.39, 0.29) is 0 Å². The molecule has 0 saturated carbocycles. The van der Waals surface area contributed by atoms with Gasteiger partial charge in [0.15, 0.2) is 0 Å². The molecule has 2 nitrogen and oxygen atoms in total. The summed E-state index contributed by atoms with van der Waals surface area (Å²) in [5, 5.41) is 0. The molecule has 0 spiro atoms. The summed E-state index contributed by atoms with van der Waals surface area (Å²) >= 11 is 10.1. The minimum atomic E-state index is -2.93. The van der Waals surface area contributed by atoms with Crippen LogP contribution in [0.5, 0.6) is 0 Å². The molecule has 0 aliphatic rings. The molecule has 0 unspecified atom stereocenters. The van der Waals surface area contributed by atoms with Gasteiger partial charge in [0.1, 0.15) is 6.79 Å². The predicted octanol–water partition coefficient (Wildman–Crippen LogP) is 1.45. The third kappa shape index (κ3) is 8.50. The van der Waals surface area contributed by atoms with E-state index in [4.69, 9.17) is 34.2 Å². The smallest absolute Gasteiger partial charge is 0.146 e. The van der Waals surface area contributed by atoms with E-state index >= 15 is 0 Å². The molecular formula is C5H10Cl2O2. The number of rotatable bonds is 6. The summed E-state index contributed by atoms with van der Waals surface area (Å²) in [4.78, 5) is 0. The maximum absolute atomic E-state index is 7.05. The zero-order chi connectivity index (χ0) is 14.1. The second-order valence-corrected chi connectivity index (χ2v) is 1.18. The van der Waals surface area contributed by atoms with Crippen molar-refractivity contribution in [1.29, 1.82) is 0 Å². The van der Waals surface area contributed by atoms with E-state index in [1.54, 1.807) is 0 Å². The summed E-state index contributed by atoms with van der Waals surface area (Å²) in [7, 11) is 0. The summed E-state index contributed by atoms with van der Waals surface area (Å²) in [6, 6.07) is 0. The van der Waals surface area contributed by atoms with Crippen molar-refractivity contribution in [3.63, 3.8) is 0 Å². The lowest BCUT2D eigenvalue weighted by atomic mass is 10.8. The monoisotopic (exact) mass is 180 g/mol. The van der Waals surface area contributed by atoms with Crippen molar-refractivity contribution in [2.75, 3.05) is 31.6 Å². The summed E-state index contributed by atoms with van der Waals surface area (Å²) < 4.78 is 64.2. The SMILES string of the molecule is [2H]C([2H])(Cl)C([2H])([2H])OCOC([2H])([2H])C([2H])([2H])Cl. The van der Waals surface area contributed by atoms with Crippen LogP contribution in [0.1, 0.15) is 11.0 Å². The van der Waals surface area contributed by atoms with E-state index in [2.05, 4.69) is 9.47 Å². The average molecular weight is 181 g/mol. The lowest BCUT2D eigenvalue weighted by Gasteiger charge is -2.00. The molecular weight excluding hydrogens is 163 g/mol. The van der Waals surface area contributed by atoms with Gasteiger partial charge in [0.05, 0.1) is 18.6 Å². The van der Waals surface area contributed by atoms with Crippen LogP contribution in [0, 0.1) is 0 Å². The molecule has 0 aromatic carbocycles. The Morgan fingerprint density at radius 3 is 1.89 bits per heavy atom. The van der Waals surface area contributed by atoms with Crippen LogP contribution in [0.3, 0.4) is 0 Å². The van der Waals surface area contributed by atoms with Gasteiger partial charge in [-0.1, -0.05) is 0 Å². The third-order valence-electron chi connectivity index (χ3n) is 0.339. The van der Waals surface area contributed by atoms with Gasteiger partial charge in [-0.2, -0.15) is 0 Å². The van der Waals surface area contributed by atoms with Crippen LogP contribution in [0.15, 0.2) is 0 Å². The Morgan fingerprint density at radius 2 is 1.56 bits per heavy atom. The molecule has 0 bridgehead atoms. The van der Waals surface area contributed by atoms with Gasteiger partial charge in [-0.05, 0) is 0 Å². The van der Waals surface area contributed by atoms with Crippen molar-refractivity contribution in [2.45, 2.75) is 0 Å². The first-order chi connectivity index (χ1) is 7.21. The Morgan fingerprint density at radius 1 is 1.11 bits per heavy atom. The third-order valence-corrected chi connectivity index (χ3v) is 0.494. The molecule has 56 valence electrons. The van der Waals surface area contributed by atoms with Crippen LogP contribution in [0.25, 0.3) is 0 Å². The van der Waals surface area contributed by atoms with Crippen LogP contribution < -0.4 is 0 Å². The first-order valence-electron chi connectivity index (χ1n) is 5.86. The van der Waals surface area contributed by atoms with Gasteiger partial charge in [-0.15, -0.1) is 23.2 Å². The fraction of sp³-hybridized carbons (Fsp3) is 1.00. The molecule has 4 heteroatoms. The zero-order valence-corrected chi connectivity index (χ0v) is 5.79. The largest absolute Gasteiger partial charge is 0.354 e. The lowest BCUT2D eigenvalue weighted by molar-refractivity contribution is -0.0431. The van der Waals surface area contributed by atoms with Gasteiger partial charge < -0.3 is 9.47 Å². The standard InChI is InChI=1S/C5H10Cl2O2/c6-1-3-8-5-9-4-2-7/h1-5H2/i1D2,2D2,3D2,4D2. The lowest BCUT2D eigenvalue weighted by Crippen LogP contribution is -2.03. The molecule has 0 fully saturated rings. The summed E-state index contributed by atoms with van der Waals surface area (Å²) in [6.07, 6.45) is 0. The molecule has 0 N–H and O–H groups in total. The predicted molar refractivity (Wildman–Crippen MR) is 38.2 cm³/mol. The molecule has 0 aliphatic heterocycles. The fourth-order valence-electron chi connectivity index (χ4n) is 0.143. The van der Waals surface area contributed by atoms with Crippen molar-refractivity contribution in [3.8, 4) is 0 Å². The minimum Gasteiger partial charge on any atom is -0.354 e. The highest BCUT2D eigenvalue weighted by Gasteiger charge is 1.84. The van der Waals surface area contributed by atoms with Crippen LogP contribution >= 0.6 is 23.2 Å². The summed E-state index contributed by atoms with van der Waals surface area (Å²) in [5.41, 5.74) is 0. The van der Waals surface area contributed by atoms with E-state index in [1.807, 2.05) is 0 Å². The maximum Gasteiger partial charge on any atom is 0.146 e. The highest BCUT2D eigenvalue weighted by atomic mass is 35.5. The Labute approximate surface area is 76.3 Å². The van der Waals surface area contributed by atoms with E-state index in [0.29, 0.717) is 0 Å². The number of halogens is 2. The van der Waals surface area contributed by atoms with Crippen LogP contribution in [0.4, 0.5) is 0 Å². The topological polar surface area (TPSA) is 18.5 Å². The van der Waals surface area contributed by atoms with Gasteiger partial charge in [-0.25, -0.2) is 0 Å². The average Bonchev–Trinajstić information content (AvgIpc) is 1.98. The van der Waals surface area contributed by atoms with E-state index in [0.717, 1.165) is 0 Å². The highest BCUT2D eigenvalue weighted by molar-refractivity contribution is 6.18. The molecule has 0 saturated heterocycles. The number of ether oxygens (including phenoxy) is 2. The van der Waals surface area contributed by atoms with E-state index in [9.17, 15) is 0 Å². The fourth-order valence-corrected chi connectivity index (χ4v) is 0.252. The molecule has 0 atom stereocenters. The second kappa shape index (κ2) is 8.50. The number of alkyl halides is 2. The highest BCUT2D eigenvalue weighted by Crippen LogP contribution is 1.82. The molecule has 9 heavy (non-hydrogen) atoms. The molecule has 0 amide bonds. The summed E-state index contributed by atoms with van der Waals surface area (Å²) in [6.45, 7) is -6.91. The van der Waals surface area contributed by atoms with Crippen molar-refractivity contribution in [2.24, 2.45) is 0 Å². The second-order valence-electron chi connectivity index (χ2n) is 0.800. The minimum absolute atomic E-state index is 1.06. The first kappa shape index (κ1) is 2.52. The van der Waals surface area contributed by atoms with Crippen molar-refractivity contribution >= 4 is 23.2 Å². The maximum atomic E-state index is 7.05. The number of hydrogen-bond acceptors (Lipinski definition) is 2. The van der Waals surface area contributed by atoms with E-state index < -0.39 is 31.6 Å². The van der Waals surface area contributed by atoms with E-state index in [1.165, 1.54) is 0 Å². The van der Waals surface area contributed by atoms with Crippen LogP contribution in [-0.4, -0.2) is 31.6 Å². The molecule has 0 aliphatic carbocycles. The number of hydrogen-bond donors (Lipinski definition) is 0. The van der Waals surface area contributed by atoms with Gasteiger partial charge in [0.2, 0.25) is 0 Å². The Kier molecular flexibility index (Phi) is 2.38. The van der Waals surface area contributed by atoms with Crippen molar-refractivity contribution < 1.29 is 20.4 Å². The molecule has 0 heterocycles. The molecule has 0 rings (SSSR count). The van der Waals surface area contributed by atoms with Crippen molar-refractivity contribution in [1.82, 2.24) is 0 Å². The van der Waals surface area contributed by atoms with Gasteiger partial charge in [0.25, 0.3) is 0 Å².